The van der Waals surface area contributed by atoms with Crippen molar-refractivity contribution in [2.45, 2.75) is 37.5 Å². The Hall–Kier alpha value is -1.00. The van der Waals surface area contributed by atoms with Crippen molar-refractivity contribution in [1.82, 2.24) is 4.57 Å². The zero-order valence-corrected chi connectivity index (χ0v) is 12.4. The second-order valence-corrected chi connectivity index (χ2v) is 6.26. The summed E-state index contributed by atoms with van der Waals surface area (Å²) in [4.78, 5) is 13.8. The maximum absolute atomic E-state index is 12.6. The molecular weight excluding hydrogens is 274 g/mol. The Morgan fingerprint density at radius 1 is 1.26 bits per heavy atom. The van der Waals surface area contributed by atoms with Crippen molar-refractivity contribution in [1.29, 1.82) is 0 Å². The van der Waals surface area contributed by atoms with Gasteiger partial charge < -0.3 is 4.57 Å². The number of hydrogen-bond donors (Lipinski definition) is 1. The first-order valence-electron chi connectivity index (χ1n) is 6.70. The van der Waals surface area contributed by atoms with Gasteiger partial charge in [0.05, 0.1) is 10.6 Å². The molecule has 0 spiro atoms. The highest BCUT2D eigenvalue weighted by Crippen LogP contribution is 2.33. The molecule has 2 aromatic rings. The summed E-state index contributed by atoms with van der Waals surface area (Å²) in [6, 6.07) is 8.50. The van der Waals surface area contributed by atoms with Crippen molar-refractivity contribution < 1.29 is 0 Å². The summed E-state index contributed by atoms with van der Waals surface area (Å²) in [5.74, 6) is 0.510. The summed E-state index contributed by atoms with van der Waals surface area (Å²) in [6.07, 6.45) is 4.70. The van der Waals surface area contributed by atoms with E-state index in [1.807, 2.05) is 16.7 Å². The number of pyridine rings is 1. The molecule has 0 bridgehead atoms. The molecule has 2 aromatic heterocycles. The van der Waals surface area contributed by atoms with Crippen molar-refractivity contribution >= 4 is 24.0 Å². The lowest BCUT2D eigenvalue weighted by atomic mass is 10.1. The SMILES string of the molecule is O=c1c(CS)ccc(-c2cccs2)n1C1CCCC1. The molecule has 0 aromatic carbocycles. The minimum Gasteiger partial charge on any atom is -0.304 e. The van der Waals surface area contributed by atoms with E-state index in [0.717, 1.165) is 24.1 Å². The molecule has 1 aliphatic carbocycles. The smallest absolute Gasteiger partial charge is 0.255 e. The lowest BCUT2D eigenvalue weighted by Crippen LogP contribution is -2.27. The van der Waals surface area contributed by atoms with Gasteiger partial charge in [-0.2, -0.15) is 12.6 Å². The molecule has 0 radical (unpaired) electrons. The van der Waals surface area contributed by atoms with E-state index in [1.165, 1.54) is 17.7 Å². The summed E-state index contributed by atoms with van der Waals surface area (Å²) in [5.41, 5.74) is 2.01. The normalized spacial score (nSPS) is 16.1. The third-order valence-electron chi connectivity index (χ3n) is 3.83. The van der Waals surface area contributed by atoms with Crippen molar-refractivity contribution in [3.05, 3.63) is 45.6 Å². The molecule has 0 aliphatic heterocycles. The zero-order chi connectivity index (χ0) is 13.2. The Morgan fingerprint density at radius 2 is 2.05 bits per heavy atom. The highest BCUT2D eigenvalue weighted by Gasteiger charge is 2.22. The zero-order valence-electron chi connectivity index (χ0n) is 10.7. The van der Waals surface area contributed by atoms with Crippen LogP contribution in [0.3, 0.4) is 0 Å². The van der Waals surface area contributed by atoms with Crippen LogP contribution >= 0.6 is 24.0 Å². The molecular formula is C15H17NOS2. The molecule has 1 fully saturated rings. The molecule has 3 rings (SSSR count). The number of thiophene rings is 1. The first kappa shape index (κ1) is 13.0. The van der Waals surface area contributed by atoms with E-state index in [-0.39, 0.29) is 5.56 Å². The highest BCUT2D eigenvalue weighted by atomic mass is 32.1. The number of hydrogen-bond acceptors (Lipinski definition) is 3. The van der Waals surface area contributed by atoms with Crippen molar-refractivity contribution in [2.75, 3.05) is 0 Å². The molecule has 0 atom stereocenters. The fraction of sp³-hybridized carbons (Fsp3) is 0.400. The Balaban J connectivity index is 2.18. The van der Waals surface area contributed by atoms with Gasteiger partial charge in [-0.05, 0) is 30.4 Å². The lowest BCUT2D eigenvalue weighted by molar-refractivity contribution is 0.506. The molecule has 1 aliphatic rings. The van der Waals surface area contributed by atoms with Crippen LogP contribution in [-0.2, 0) is 5.75 Å². The third kappa shape index (κ3) is 2.39. The standard InChI is InChI=1S/C15H17NOS2/c17-15-11(10-18)7-8-13(14-6-3-9-19-14)16(15)12-4-1-2-5-12/h3,6-9,12,18H,1-2,4-5,10H2. The van der Waals surface area contributed by atoms with Crippen molar-refractivity contribution in [3.8, 4) is 10.6 Å². The molecule has 100 valence electrons. The quantitative estimate of drug-likeness (QED) is 0.844. The Bertz CT molecular complexity index is 610. The van der Waals surface area contributed by atoms with Crippen LogP contribution in [0.4, 0.5) is 0 Å². The fourth-order valence-electron chi connectivity index (χ4n) is 2.87. The molecule has 0 N–H and O–H groups in total. The predicted octanol–water partition coefficient (Wildman–Crippen LogP) is 4.12. The molecule has 0 amide bonds. The van der Waals surface area contributed by atoms with Gasteiger partial charge in [-0.25, -0.2) is 0 Å². The average Bonchev–Trinajstić information content (AvgIpc) is 3.11. The Kier molecular flexibility index (Phi) is 3.80. The van der Waals surface area contributed by atoms with Gasteiger partial charge in [0, 0.05) is 17.4 Å². The maximum atomic E-state index is 12.6. The van der Waals surface area contributed by atoms with E-state index in [1.54, 1.807) is 11.3 Å². The van der Waals surface area contributed by atoms with Gasteiger partial charge in [-0.3, -0.25) is 4.79 Å². The average molecular weight is 291 g/mol. The van der Waals surface area contributed by atoms with E-state index in [9.17, 15) is 4.79 Å². The van der Waals surface area contributed by atoms with Gasteiger partial charge in [0.15, 0.2) is 0 Å². The van der Waals surface area contributed by atoms with Gasteiger partial charge in [0.25, 0.3) is 5.56 Å². The number of thiol groups is 1. The van der Waals surface area contributed by atoms with E-state index in [2.05, 4.69) is 30.1 Å². The minimum absolute atomic E-state index is 0.146. The molecule has 19 heavy (non-hydrogen) atoms. The summed E-state index contributed by atoms with van der Waals surface area (Å²) in [7, 11) is 0. The summed E-state index contributed by atoms with van der Waals surface area (Å²) >= 11 is 5.96. The molecule has 0 unspecified atom stereocenters. The van der Waals surface area contributed by atoms with Crippen LogP contribution in [-0.4, -0.2) is 4.57 Å². The van der Waals surface area contributed by atoms with Crippen molar-refractivity contribution in [2.24, 2.45) is 0 Å². The number of aromatic nitrogens is 1. The van der Waals surface area contributed by atoms with Crippen LogP contribution in [0.2, 0.25) is 0 Å². The molecule has 2 heterocycles. The van der Waals surface area contributed by atoms with Crippen LogP contribution in [0.15, 0.2) is 34.4 Å². The van der Waals surface area contributed by atoms with Gasteiger partial charge in [0.1, 0.15) is 0 Å². The predicted molar refractivity (Wildman–Crippen MR) is 84.2 cm³/mol. The van der Waals surface area contributed by atoms with Gasteiger partial charge in [-0.1, -0.05) is 25.0 Å². The van der Waals surface area contributed by atoms with Crippen LogP contribution in [0.5, 0.6) is 0 Å². The van der Waals surface area contributed by atoms with Gasteiger partial charge in [0.2, 0.25) is 0 Å². The van der Waals surface area contributed by atoms with Crippen LogP contribution in [0.25, 0.3) is 10.6 Å². The van der Waals surface area contributed by atoms with E-state index in [0.29, 0.717) is 11.8 Å². The lowest BCUT2D eigenvalue weighted by Gasteiger charge is -2.19. The first-order valence-corrected chi connectivity index (χ1v) is 8.21. The molecule has 4 heteroatoms. The topological polar surface area (TPSA) is 22.0 Å². The molecule has 0 saturated heterocycles. The van der Waals surface area contributed by atoms with E-state index < -0.39 is 0 Å². The highest BCUT2D eigenvalue weighted by molar-refractivity contribution is 7.79. The van der Waals surface area contributed by atoms with Crippen LogP contribution in [0, 0.1) is 0 Å². The summed E-state index contributed by atoms with van der Waals surface area (Å²) in [5, 5.41) is 2.06. The van der Waals surface area contributed by atoms with Gasteiger partial charge >= 0.3 is 0 Å². The summed E-state index contributed by atoms with van der Waals surface area (Å²) < 4.78 is 2.02. The molecule has 1 saturated carbocycles. The largest absolute Gasteiger partial charge is 0.304 e. The number of rotatable bonds is 3. The monoisotopic (exact) mass is 291 g/mol. The second kappa shape index (κ2) is 5.55. The van der Waals surface area contributed by atoms with Crippen LogP contribution < -0.4 is 5.56 Å². The molecule has 2 nitrogen and oxygen atoms in total. The number of nitrogens with zero attached hydrogens (tertiary/aromatic N) is 1. The van der Waals surface area contributed by atoms with E-state index >= 15 is 0 Å². The summed E-state index contributed by atoms with van der Waals surface area (Å²) in [6.45, 7) is 0. The van der Waals surface area contributed by atoms with Crippen molar-refractivity contribution in [3.63, 3.8) is 0 Å². The Morgan fingerprint density at radius 3 is 2.68 bits per heavy atom. The van der Waals surface area contributed by atoms with E-state index in [4.69, 9.17) is 0 Å². The van der Waals surface area contributed by atoms with Gasteiger partial charge in [-0.15, -0.1) is 11.3 Å². The third-order valence-corrected chi connectivity index (χ3v) is 5.06. The second-order valence-electron chi connectivity index (χ2n) is 4.99. The minimum atomic E-state index is 0.146. The van der Waals surface area contributed by atoms with Crippen LogP contribution in [0.1, 0.15) is 37.3 Å². The first-order chi connectivity index (χ1) is 9.31. The fourth-order valence-corrected chi connectivity index (χ4v) is 3.85. The maximum Gasteiger partial charge on any atom is 0.255 e. The Labute approximate surface area is 122 Å².